The normalized spacial score (nSPS) is 18.7. The van der Waals surface area contributed by atoms with Gasteiger partial charge in [0.05, 0.1) is 24.1 Å². The Labute approximate surface area is 195 Å². The summed E-state index contributed by atoms with van der Waals surface area (Å²) < 4.78 is 98.5. The molecular weight excluding hydrogens is 457 g/mol. The molecule has 0 atom stereocenters. The van der Waals surface area contributed by atoms with Gasteiger partial charge >= 0.3 is 11.9 Å². The fourth-order valence-electron chi connectivity index (χ4n) is 3.99. The molecule has 5 nitrogen and oxygen atoms in total. The van der Waals surface area contributed by atoms with Crippen LogP contribution in [0.4, 0.5) is 33.5 Å². The van der Waals surface area contributed by atoms with Gasteiger partial charge in [0.15, 0.2) is 17.5 Å². The number of hydrogen-bond donors (Lipinski definition) is 0. The van der Waals surface area contributed by atoms with E-state index in [0.29, 0.717) is 21.9 Å². The number of hydrogen-bond acceptors (Lipinski definition) is 4. The number of anilines is 2. The second-order valence-electron chi connectivity index (χ2n) is 8.15. The van der Waals surface area contributed by atoms with E-state index in [2.05, 4.69) is 16.8 Å². The number of benzene rings is 2. The zero-order valence-electron chi connectivity index (χ0n) is 20.5. The third kappa shape index (κ3) is 3.51. The van der Waals surface area contributed by atoms with Crippen molar-refractivity contribution in [2.24, 2.45) is 12.4 Å². The van der Waals surface area contributed by atoms with Crippen LogP contribution in [0.1, 0.15) is 28.1 Å². The molecule has 0 spiro atoms. The van der Waals surface area contributed by atoms with E-state index in [9.17, 15) is 22.4 Å². The zero-order valence-corrected chi connectivity index (χ0v) is 17.5. The maximum absolute atomic E-state index is 15.1. The van der Waals surface area contributed by atoms with E-state index >= 15 is 4.39 Å². The lowest BCUT2D eigenvalue weighted by Crippen LogP contribution is -2.28. The number of halogens is 5. The predicted octanol–water partition coefficient (Wildman–Crippen LogP) is 4.57. The van der Waals surface area contributed by atoms with Crippen molar-refractivity contribution in [1.29, 1.82) is 0 Å². The molecule has 2 aliphatic rings. The maximum atomic E-state index is 15.1. The number of fused-ring (bicyclic) bond motifs is 2. The number of nitrogens with zero attached hydrogens (tertiary/aromatic N) is 3. The highest BCUT2D eigenvalue weighted by Crippen LogP contribution is 2.57. The summed E-state index contributed by atoms with van der Waals surface area (Å²) in [6.07, 6.45) is -4.66. The van der Waals surface area contributed by atoms with Crippen molar-refractivity contribution in [3.05, 3.63) is 63.6 Å². The number of alkyl halides is 3. The number of aryl methyl sites for hydroxylation is 1. The molecule has 1 aliphatic carbocycles. The first kappa shape index (κ1) is 18.9. The van der Waals surface area contributed by atoms with Crippen LogP contribution in [0, 0.1) is 28.9 Å². The molecule has 1 aromatic heterocycles. The molecule has 2 aromatic carbocycles. The summed E-state index contributed by atoms with van der Waals surface area (Å²) in [4.78, 5) is 18.0. The van der Waals surface area contributed by atoms with Crippen LogP contribution in [-0.2, 0) is 18.3 Å². The zero-order chi connectivity index (χ0) is 26.8. The lowest BCUT2D eigenvalue weighted by atomic mass is 10.0. The first-order valence-corrected chi connectivity index (χ1v) is 10.3. The highest BCUT2D eigenvalue weighted by molar-refractivity contribution is 5.93. The molecule has 1 fully saturated rings. The van der Waals surface area contributed by atoms with Crippen LogP contribution in [0.5, 0.6) is 0 Å². The van der Waals surface area contributed by atoms with Crippen molar-refractivity contribution in [3.8, 4) is 11.8 Å². The highest BCUT2D eigenvalue weighted by Gasteiger charge is 2.62. The Morgan fingerprint density at radius 2 is 2.00 bits per heavy atom. The number of rotatable bonds is 1. The lowest BCUT2D eigenvalue weighted by molar-refractivity contribution is -0.168. The van der Waals surface area contributed by atoms with Crippen LogP contribution in [0.2, 0.25) is 0 Å². The third-order valence-electron chi connectivity index (χ3n) is 6.06. The van der Waals surface area contributed by atoms with Crippen LogP contribution in [0.25, 0.3) is 10.9 Å². The van der Waals surface area contributed by atoms with E-state index in [1.807, 2.05) is 0 Å². The summed E-state index contributed by atoms with van der Waals surface area (Å²) in [6, 6.07) is 6.30. The van der Waals surface area contributed by atoms with Gasteiger partial charge in [0.2, 0.25) is 0 Å². The summed E-state index contributed by atoms with van der Waals surface area (Å²) in [5, 5.41) is -0.533. The minimum Gasteiger partial charge on any atom is -0.375 e. The van der Waals surface area contributed by atoms with Crippen LogP contribution in [-0.4, -0.2) is 28.9 Å². The van der Waals surface area contributed by atoms with Gasteiger partial charge in [0.1, 0.15) is 5.41 Å². The molecule has 0 saturated heterocycles. The van der Waals surface area contributed by atoms with Crippen molar-refractivity contribution in [1.82, 2.24) is 9.55 Å². The molecule has 0 unspecified atom stereocenters. The van der Waals surface area contributed by atoms with Crippen molar-refractivity contribution in [3.63, 3.8) is 0 Å². The Morgan fingerprint density at radius 3 is 2.71 bits per heavy atom. The topological polar surface area (TPSA) is 47.4 Å². The SMILES string of the molecule is [2H]C([2H])([2H])n1c(=O)nc(N2CCOCc3c(C#CC4(C(F)(F)F)CC4)cccc32)c2c(F)c(F)ccc21. The first-order chi connectivity index (χ1) is 17.3. The Morgan fingerprint density at radius 1 is 1.21 bits per heavy atom. The number of ether oxygens (including phenoxy) is 1. The molecule has 5 rings (SSSR count). The smallest absolute Gasteiger partial charge is 0.375 e. The quantitative estimate of drug-likeness (QED) is 0.380. The maximum Gasteiger partial charge on any atom is 0.405 e. The molecule has 0 N–H and O–H groups in total. The van der Waals surface area contributed by atoms with Crippen molar-refractivity contribution < 1.29 is 30.8 Å². The Kier molecular flexibility index (Phi) is 4.34. The van der Waals surface area contributed by atoms with E-state index in [0.717, 1.165) is 6.07 Å². The van der Waals surface area contributed by atoms with Crippen molar-refractivity contribution in [2.45, 2.75) is 25.6 Å². The average molecular weight is 478 g/mol. The molecule has 176 valence electrons. The van der Waals surface area contributed by atoms with E-state index in [-0.39, 0.29) is 44.0 Å². The minimum atomic E-state index is -4.47. The van der Waals surface area contributed by atoms with E-state index in [1.54, 1.807) is 6.07 Å². The van der Waals surface area contributed by atoms with E-state index in [4.69, 9.17) is 8.85 Å². The van der Waals surface area contributed by atoms with Gasteiger partial charge < -0.3 is 9.64 Å². The largest absolute Gasteiger partial charge is 0.405 e. The van der Waals surface area contributed by atoms with Gasteiger partial charge in [-0.25, -0.2) is 13.6 Å². The molecule has 2 heterocycles. The predicted molar refractivity (Wildman–Crippen MR) is 115 cm³/mol. The van der Waals surface area contributed by atoms with Crippen LogP contribution >= 0.6 is 0 Å². The molecule has 0 radical (unpaired) electrons. The summed E-state index contributed by atoms with van der Waals surface area (Å²) >= 11 is 0. The fourth-order valence-corrected chi connectivity index (χ4v) is 3.99. The lowest BCUT2D eigenvalue weighted by Gasteiger charge is -2.25. The fraction of sp³-hybridized carbons (Fsp3) is 0.333. The van der Waals surface area contributed by atoms with Crippen LogP contribution in [0.15, 0.2) is 35.1 Å². The van der Waals surface area contributed by atoms with Gasteiger partial charge in [0.25, 0.3) is 0 Å². The molecule has 0 bridgehead atoms. The van der Waals surface area contributed by atoms with Gasteiger partial charge in [-0.1, -0.05) is 17.9 Å². The first-order valence-electron chi connectivity index (χ1n) is 11.8. The van der Waals surface area contributed by atoms with Crippen LogP contribution in [0.3, 0.4) is 0 Å². The summed E-state index contributed by atoms with van der Waals surface area (Å²) in [7, 11) is 0. The standard InChI is InChI=1S/C24H18F5N3O2/c1-31-18-6-5-16(25)20(26)19(18)21(30-22(31)33)32-11-12-34-13-15-14(3-2-4-17(15)32)7-8-23(9-10-23)24(27,28)29/h2-6H,9-13H2,1H3/i1D3. The van der Waals surface area contributed by atoms with E-state index in [1.165, 1.54) is 17.0 Å². The summed E-state index contributed by atoms with van der Waals surface area (Å²) in [5.74, 6) is 1.93. The van der Waals surface area contributed by atoms with E-state index < -0.39 is 46.8 Å². The third-order valence-corrected chi connectivity index (χ3v) is 6.06. The monoisotopic (exact) mass is 478 g/mol. The molecule has 10 heteroatoms. The van der Waals surface area contributed by atoms with Crippen molar-refractivity contribution in [2.75, 3.05) is 18.1 Å². The van der Waals surface area contributed by atoms with Crippen LogP contribution < -0.4 is 10.6 Å². The Hall–Kier alpha value is -3.45. The summed E-state index contributed by atoms with van der Waals surface area (Å²) in [6.45, 7) is -3.02. The Bertz CT molecular complexity index is 1540. The molecule has 34 heavy (non-hydrogen) atoms. The molecule has 1 saturated carbocycles. The second kappa shape index (κ2) is 7.81. The second-order valence-corrected chi connectivity index (χ2v) is 8.15. The van der Waals surface area contributed by atoms with Gasteiger partial charge in [0, 0.05) is 34.4 Å². The van der Waals surface area contributed by atoms with Gasteiger partial charge in [-0.15, -0.1) is 0 Å². The highest BCUT2D eigenvalue weighted by atomic mass is 19.4. The number of aromatic nitrogens is 2. The minimum absolute atomic E-state index is 0.00560. The van der Waals surface area contributed by atoms with Gasteiger partial charge in [-0.2, -0.15) is 18.2 Å². The molecular formula is C24H18F5N3O2. The Balaban J connectivity index is 1.72. The summed E-state index contributed by atoms with van der Waals surface area (Å²) in [5.41, 5.74) is -2.73. The molecule has 1 aliphatic heterocycles. The van der Waals surface area contributed by atoms with Crippen molar-refractivity contribution >= 4 is 22.4 Å². The molecule has 3 aromatic rings. The average Bonchev–Trinajstić information content (AvgIpc) is 3.62. The van der Waals surface area contributed by atoms with Gasteiger partial charge in [-0.05, 0) is 37.1 Å². The van der Waals surface area contributed by atoms with Gasteiger partial charge in [-0.3, -0.25) is 4.57 Å². The molecule has 0 amide bonds.